The van der Waals surface area contributed by atoms with E-state index in [1.165, 1.54) is 18.5 Å². The van der Waals surface area contributed by atoms with Crippen LogP contribution in [0.2, 0.25) is 0 Å². The van der Waals surface area contributed by atoms with Crippen LogP contribution in [-0.4, -0.2) is 31.6 Å². The Balaban J connectivity index is 1.39. The Labute approximate surface area is 146 Å². The molecule has 1 aromatic heterocycles. The number of aryl methyl sites for hydroxylation is 1. The molecule has 3 rings (SSSR count). The zero-order chi connectivity index (χ0) is 17.5. The van der Waals surface area contributed by atoms with E-state index in [1.54, 1.807) is 18.4 Å². The Bertz CT molecular complexity index is 689. The number of nitrogens with zero attached hydrogens (tertiary/aromatic N) is 1. The molecule has 1 aliphatic rings. The van der Waals surface area contributed by atoms with E-state index in [0.717, 1.165) is 18.8 Å². The van der Waals surface area contributed by atoms with Crippen molar-refractivity contribution in [2.75, 3.05) is 29.9 Å². The molecule has 0 spiro atoms. The highest BCUT2D eigenvalue weighted by Gasteiger charge is 2.12. The van der Waals surface area contributed by atoms with E-state index in [2.05, 4.69) is 10.2 Å². The standard InChI is InChI=1S/C19H22N2O4/c22-18(14-25-19(23)10-9-17-4-3-13-24-17)20-15-5-7-16(8-6-15)21-11-1-2-12-21/h3-8,13H,1-2,9-12,14H2,(H,20,22). The summed E-state index contributed by atoms with van der Waals surface area (Å²) in [5.41, 5.74) is 1.86. The van der Waals surface area contributed by atoms with Crippen LogP contribution in [0, 0.1) is 0 Å². The Morgan fingerprint density at radius 1 is 1.12 bits per heavy atom. The first-order valence-corrected chi connectivity index (χ1v) is 8.53. The van der Waals surface area contributed by atoms with E-state index < -0.39 is 5.97 Å². The summed E-state index contributed by atoms with van der Waals surface area (Å²) < 4.78 is 10.1. The fourth-order valence-corrected chi connectivity index (χ4v) is 2.83. The fraction of sp³-hybridized carbons (Fsp3) is 0.368. The predicted octanol–water partition coefficient (Wildman–Crippen LogP) is 2.99. The zero-order valence-electron chi connectivity index (χ0n) is 14.1. The van der Waals surface area contributed by atoms with Crippen LogP contribution in [0.1, 0.15) is 25.0 Å². The van der Waals surface area contributed by atoms with Crippen LogP contribution in [0.15, 0.2) is 47.1 Å². The molecule has 0 radical (unpaired) electrons. The summed E-state index contributed by atoms with van der Waals surface area (Å²) in [4.78, 5) is 25.8. The highest BCUT2D eigenvalue weighted by Crippen LogP contribution is 2.21. The summed E-state index contributed by atoms with van der Waals surface area (Å²) in [6, 6.07) is 11.3. The number of benzene rings is 1. The van der Waals surface area contributed by atoms with Gasteiger partial charge in [0.05, 0.1) is 12.7 Å². The van der Waals surface area contributed by atoms with Crippen molar-refractivity contribution in [3.8, 4) is 0 Å². The van der Waals surface area contributed by atoms with Crippen LogP contribution in [0.3, 0.4) is 0 Å². The molecule has 1 amide bonds. The van der Waals surface area contributed by atoms with Crippen molar-refractivity contribution in [2.24, 2.45) is 0 Å². The number of anilines is 2. The summed E-state index contributed by atoms with van der Waals surface area (Å²) >= 11 is 0. The summed E-state index contributed by atoms with van der Waals surface area (Å²) in [7, 11) is 0. The third kappa shape index (κ3) is 5.11. The molecule has 1 aromatic carbocycles. The number of carbonyl (C=O) groups excluding carboxylic acids is 2. The molecule has 132 valence electrons. The monoisotopic (exact) mass is 342 g/mol. The van der Waals surface area contributed by atoms with E-state index >= 15 is 0 Å². The lowest BCUT2D eigenvalue weighted by Gasteiger charge is -2.17. The smallest absolute Gasteiger partial charge is 0.306 e. The Kier molecular flexibility index (Phi) is 5.72. The number of nitrogens with one attached hydrogen (secondary N) is 1. The molecule has 0 unspecified atom stereocenters. The minimum Gasteiger partial charge on any atom is -0.469 e. The summed E-state index contributed by atoms with van der Waals surface area (Å²) in [6.45, 7) is 1.88. The molecule has 6 nitrogen and oxygen atoms in total. The van der Waals surface area contributed by atoms with Gasteiger partial charge in [0.2, 0.25) is 0 Å². The molecule has 6 heteroatoms. The van der Waals surface area contributed by atoms with Crippen molar-refractivity contribution in [3.05, 3.63) is 48.4 Å². The van der Waals surface area contributed by atoms with Gasteiger partial charge < -0.3 is 19.4 Å². The number of furan rings is 1. The van der Waals surface area contributed by atoms with Gasteiger partial charge in [-0.3, -0.25) is 9.59 Å². The van der Waals surface area contributed by atoms with Crippen molar-refractivity contribution >= 4 is 23.3 Å². The van der Waals surface area contributed by atoms with E-state index in [0.29, 0.717) is 12.1 Å². The average Bonchev–Trinajstić information content (AvgIpc) is 3.32. The molecule has 1 N–H and O–H groups in total. The molecule has 0 saturated carbocycles. The second-order valence-corrected chi connectivity index (χ2v) is 6.03. The summed E-state index contributed by atoms with van der Waals surface area (Å²) in [5.74, 6) is -0.0457. The third-order valence-corrected chi connectivity index (χ3v) is 4.14. The van der Waals surface area contributed by atoms with E-state index in [-0.39, 0.29) is 18.9 Å². The van der Waals surface area contributed by atoms with Crippen molar-refractivity contribution in [3.63, 3.8) is 0 Å². The maximum atomic E-state index is 11.9. The SMILES string of the molecule is O=C(COC(=O)CCc1ccco1)Nc1ccc(N2CCCC2)cc1. The molecule has 1 fully saturated rings. The maximum Gasteiger partial charge on any atom is 0.306 e. The normalized spacial score (nSPS) is 13.7. The van der Waals surface area contributed by atoms with Gasteiger partial charge in [0.15, 0.2) is 6.61 Å². The van der Waals surface area contributed by atoms with Gasteiger partial charge in [0, 0.05) is 30.9 Å². The van der Waals surface area contributed by atoms with Crippen LogP contribution in [0.4, 0.5) is 11.4 Å². The Morgan fingerprint density at radius 3 is 2.56 bits per heavy atom. The zero-order valence-corrected chi connectivity index (χ0v) is 14.1. The van der Waals surface area contributed by atoms with Crippen LogP contribution >= 0.6 is 0 Å². The van der Waals surface area contributed by atoms with E-state index in [9.17, 15) is 9.59 Å². The minimum atomic E-state index is -0.420. The fourth-order valence-electron chi connectivity index (χ4n) is 2.83. The highest BCUT2D eigenvalue weighted by molar-refractivity contribution is 5.92. The first-order valence-electron chi connectivity index (χ1n) is 8.53. The number of esters is 1. The van der Waals surface area contributed by atoms with Crippen molar-refractivity contribution < 1.29 is 18.7 Å². The van der Waals surface area contributed by atoms with Gasteiger partial charge >= 0.3 is 5.97 Å². The number of carbonyl (C=O) groups is 2. The molecule has 0 bridgehead atoms. The minimum absolute atomic E-state index is 0.186. The second kappa shape index (κ2) is 8.37. The van der Waals surface area contributed by atoms with E-state index in [1.807, 2.05) is 24.3 Å². The number of hydrogen-bond donors (Lipinski definition) is 1. The molecular weight excluding hydrogens is 320 g/mol. The van der Waals surface area contributed by atoms with Gasteiger partial charge in [-0.15, -0.1) is 0 Å². The van der Waals surface area contributed by atoms with Gasteiger partial charge in [-0.1, -0.05) is 0 Å². The lowest BCUT2D eigenvalue weighted by Crippen LogP contribution is -2.21. The van der Waals surface area contributed by atoms with Crippen LogP contribution in [0.5, 0.6) is 0 Å². The third-order valence-electron chi connectivity index (χ3n) is 4.14. The summed E-state index contributed by atoms with van der Waals surface area (Å²) in [6.07, 6.45) is 4.66. The number of rotatable bonds is 7. The molecule has 0 aliphatic carbocycles. The van der Waals surface area contributed by atoms with E-state index in [4.69, 9.17) is 9.15 Å². The van der Waals surface area contributed by atoms with Crippen molar-refractivity contribution in [2.45, 2.75) is 25.7 Å². The Morgan fingerprint density at radius 2 is 1.88 bits per heavy atom. The van der Waals surface area contributed by atoms with Crippen LogP contribution in [0.25, 0.3) is 0 Å². The number of hydrogen-bond acceptors (Lipinski definition) is 5. The first kappa shape index (κ1) is 17.1. The quantitative estimate of drug-likeness (QED) is 0.783. The molecular formula is C19H22N2O4. The van der Waals surface area contributed by atoms with Gasteiger partial charge in [0.25, 0.3) is 5.91 Å². The Hall–Kier alpha value is -2.76. The van der Waals surface area contributed by atoms with Gasteiger partial charge in [-0.25, -0.2) is 0 Å². The topological polar surface area (TPSA) is 71.8 Å². The lowest BCUT2D eigenvalue weighted by molar-refractivity contribution is -0.147. The molecule has 0 atom stereocenters. The van der Waals surface area contributed by atoms with Gasteiger partial charge in [0.1, 0.15) is 5.76 Å². The average molecular weight is 342 g/mol. The number of ether oxygens (including phenoxy) is 1. The van der Waals surface area contributed by atoms with Gasteiger partial charge in [-0.2, -0.15) is 0 Å². The molecule has 2 heterocycles. The van der Waals surface area contributed by atoms with Crippen molar-refractivity contribution in [1.82, 2.24) is 0 Å². The van der Waals surface area contributed by atoms with Crippen LogP contribution in [-0.2, 0) is 20.7 Å². The van der Waals surface area contributed by atoms with Gasteiger partial charge in [-0.05, 0) is 49.2 Å². The predicted molar refractivity (Wildman–Crippen MR) is 94.5 cm³/mol. The molecule has 2 aromatic rings. The molecule has 1 aliphatic heterocycles. The first-order chi connectivity index (χ1) is 12.2. The maximum absolute atomic E-state index is 11.9. The highest BCUT2D eigenvalue weighted by atomic mass is 16.5. The largest absolute Gasteiger partial charge is 0.469 e. The second-order valence-electron chi connectivity index (χ2n) is 6.03. The molecule has 1 saturated heterocycles. The van der Waals surface area contributed by atoms with Crippen LogP contribution < -0.4 is 10.2 Å². The summed E-state index contributed by atoms with van der Waals surface area (Å²) in [5, 5.41) is 2.73. The molecule has 25 heavy (non-hydrogen) atoms. The number of amides is 1. The van der Waals surface area contributed by atoms with Crippen molar-refractivity contribution in [1.29, 1.82) is 0 Å². The lowest BCUT2D eigenvalue weighted by atomic mass is 10.2.